The minimum Gasteiger partial charge on any atom is -0.444 e. The smallest absolute Gasteiger partial charge is 0.444 e. The molecule has 288 valence electrons. The van der Waals surface area contributed by atoms with Gasteiger partial charge in [-0.2, -0.15) is 13.8 Å². The Morgan fingerprint density at radius 3 is 1.94 bits per heavy atom. The third-order valence-electron chi connectivity index (χ3n) is 6.42. The second-order valence-electron chi connectivity index (χ2n) is 15.1. The number of carbonyl (C=O) groups excluding carboxylic acids is 5. The number of alkyl carbamates (subject to hydrolysis) is 1. The molecule has 3 N–H and O–H groups in total. The molecule has 0 aliphatic carbocycles. The number of nitrogens with zero attached hydrogens (tertiary/aromatic N) is 2. The minimum atomic E-state index is -4.10. The van der Waals surface area contributed by atoms with E-state index in [1.165, 1.54) is 27.7 Å². The molecule has 51 heavy (non-hydrogen) atoms. The number of alkyl halides is 2. The maximum atomic E-state index is 15.8. The zero-order valence-electron chi connectivity index (χ0n) is 30.9. The number of ether oxygens (including phenoxy) is 6. The lowest BCUT2D eigenvalue weighted by atomic mass is 10.0. The van der Waals surface area contributed by atoms with E-state index in [0.29, 0.717) is 4.57 Å². The molecule has 1 saturated heterocycles. The van der Waals surface area contributed by atoms with Crippen molar-refractivity contribution in [2.45, 2.75) is 136 Å². The fraction of sp³-hybridized carbons (Fsp3) is 0.719. The molecule has 17 nitrogen and oxygen atoms in total. The van der Waals surface area contributed by atoms with Gasteiger partial charge in [-0.3, -0.25) is 14.2 Å². The van der Waals surface area contributed by atoms with Gasteiger partial charge in [0.15, 0.2) is 0 Å². The maximum absolute atomic E-state index is 15.8. The predicted molar refractivity (Wildman–Crippen MR) is 175 cm³/mol. The highest BCUT2D eigenvalue weighted by Gasteiger charge is 2.63. The van der Waals surface area contributed by atoms with Gasteiger partial charge in [-0.25, -0.2) is 19.2 Å². The van der Waals surface area contributed by atoms with Gasteiger partial charge in [0.1, 0.15) is 47.4 Å². The lowest BCUT2D eigenvalue weighted by Crippen LogP contribution is -2.54. The van der Waals surface area contributed by atoms with Gasteiger partial charge in [-0.1, -0.05) is 13.8 Å². The standard InChI is InChI=1S/C32H49F2N5O12/c1-16(2)20(38-26(43)49-29(4,5)6)23(41)35-17(3)22(40)36-19-13-14-39(25(42)37-19)24-32(33,34)21(48-28(45)51-31(10,11)12)18(47-24)15-46-27(44)50-30(7,8)9/h13-14,16-18,20-21,24H,15H2,1-12H3,(H,35,41)(H,38,43)(H,36,37,40,42)/t17-,18+,20-,21+,24+/m0/s1. The molecular weight excluding hydrogens is 684 g/mol. The number of hydrogen-bond donors (Lipinski definition) is 3. The molecule has 0 bridgehead atoms. The summed E-state index contributed by atoms with van der Waals surface area (Å²) in [5.74, 6) is -6.39. The van der Waals surface area contributed by atoms with E-state index < -0.39 is 102 Å². The van der Waals surface area contributed by atoms with E-state index in [1.54, 1.807) is 55.4 Å². The number of rotatable bonds is 10. The Morgan fingerprint density at radius 2 is 1.43 bits per heavy atom. The summed E-state index contributed by atoms with van der Waals surface area (Å²) in [5.41, 5.74) is -4.20. The van der Waals surface area contributed by atoms with E-state index in [9.17, 15) is 28.8 Å². The van der Waals surface area contributed by atoms with Crippen LogP contribution in [0.4, 0.5) is 29.0 Å². The monoisotopic (exact) mass is 733 g/mol. The molecule has 3 amide bonds. The normalized spacial score (nSPS) is 20.0. The summed E-state index contributed by atoms with van der Waals surface area (Å²) in [6.45, 7) is 17.9. The summed E-state index contributed by atoms with van der Waals surface area (Å²) in [4.78, 5) is 79.1. The SMILES string of the molecule is CC(C)[C@H](NC(=O)OC(C)(C)C)C(=O)N[C@@H](C)C(=O)Nc1ccn([C@@H]2O[C@H](COC(=O)OC(C)(C)C)[C@@H](OC(=O)OC(C)(C)C)C2(F)F)c(=O)n1. The summed E-state index contributed by atoms with van der Waals surface area (Å²) in [6, 6.07) is -1.25. The van der Waals surface area contributed by atoms with Crippen LogP contribution in [0.15, 0.2) is 17.1 Å². The van der Waals surface area contributed by atoms with Gasteiger partial charge in [0.25, 0.3) is 0 Å². The van der Waals surface area contributed by atoms with Crippen LogP contribution in [0.2, 0.25) is 0 Å². The molecule has 0 spiro atoms. The molecule has 0 radical (unpaired) electrons. The molecule has 19 heteroatoms. The van der Waals surface area contributed by atoms with Gasteiger partial charge in [0.05, 0.1) is 0 Å². The molecule has 1 aliphatic heterocycles. The predicted octanol–water partition coefficient (Wildman–Crippen LogP) is 4.04. The number of amides is 3. The highest BCUT2D eigenvalue weighted by Crippen LogP contribution is 2.44. The summed E-state index contributed by atoms with van der Waals surface area (Å²) in [7, 11) is 0. The van der Waals surface area contributed by atoms with Crippen molar-refractivity contribution >= 4 is 36.0 Å². The van der Waals surface area contributed by atoms with Crippen molar-refractivity contribution in [3.63, 3.8) is 0 Å². The zero-order chi connectivity index (χ0) is 39.3. The maximum Gasteiger partial charge on any atom is 0.509 e. The van der Waals surface area contributed by atoms with Gasteiger partial charge < -0.3 is 44.4 Å². The van der Waals surface area contributed by atoms with Crippen molar-refractivity contribution in [1.29, 1.82) is 0 Å². The van der Waals surface area contributed by atoms with Crippen molar-refractivity contribution in [2.24, 2.45) is 5.92 Å². The molecule has 2 rings (SSSR count). The van der Waals surface area contributed by atoms with Crippen LogP contribution < -0.4 is 21.6 Å². The van der Waals surface area contributed by atoms with Crippen LogP contribution in [-0.4, -0.2) is 93.4 Å². The molecule has 1 aromatic heterocycles. The molecule has 1 aliphatic rings. The lowest BCUT2D eigenvalue weighted by molar-refractivity contribution is -0.149. The van der Waals surface area contributed by atoms with Crippen LogP contribution in [0, 0.1) is 5.92 Å². The summed E-state index contributed by atoms with van der Waals surface area (Å²) < 4.78 is 62.5. The molecule has 1 aromatic rings. The molecule has 2 heterocycles. The fourth-order valence-corrected chi connectivity index (χ4v) is 4.29. The van der Waals surface area contributed by atoms with Crippen molar-refractivity contribution < 1.29 is 61.2 Å². The Labute approximate surface area is 294 Å². The first-order valence-corrected chi connectivity index (χ1v) is 16.1. The van der Waals surface area contributed by atoms with Gasteiger partial charge in [-0.05, 0) is 81.2 Å². The first kappa shape index (κ1) is 42.6. The van der Waals surface area contributed by atoms with Crippen LogP contribution >= 0.6 is 0 Å². The highest BCUT2D eigenvalue weighted by molar-refractivity contribution is 5.97. The van der Waals surface area contributed by atoms with Gasteiger partial charge in [-0.15, -0.1) is 0 Å². The Balaban J connectivity index is 2.23. The zero-order valence-corrected chi connectivity index (χ0v) is 30.9. The summed E-state index contributed by atoms with van der Waals surface area (Å²) in [5, 5.41) is 7.22. The van der Waals surface area contributed by atoms with E-state index in [0.717, 1.165) is 12.3 Å². The van der Waals surface area contributed by atoms with Crippen molar-refractivity contribution in [2.75, 3.05) is 11.9 Å². The minimum absolute atomic E-state index is 0.359. The van der Waals surface area contributed by atoms with Crippen molar-refractivity contribution in [3.8, 4) is 0 Å². The molecule has 0 unspecified atom stereocenters. The van der Waals surface area contributed by atoms with Crippen molar-refractivity contribution in [1.82, 2.24) is 20.2 Å². The second-order valence-corrected chi connectivity index (χ2v) is 15.1. The molecule has 1 fully saturated rings. The second kappa shape index (κ2) is 16.2. The van der Waals surface area contributed by atoms with Crippen LogP contribution in [0.5, 0.6) is 0 Å². The molecule has 5 atom stereocenters. The highest BCUT2D eigenvalue weighted by atomic mass is 19.3. The third-order valence-corrected chi connectivity index (χ3v) is 6.42. The quantitative estimate of drug-likeness (QED) is 0.229. The Morgan fingerprint density at radius 1 is 0.882 bits per heavy atom. The van der Waals surface area contributed by atoms with E-state index in [-0.39, 0.29) is 5.82 Å². The fourth-order valence-electron chi connectivity index (χ4n) is 4.29. The largest absolute Gasteiger partial charge is 0.509 e. The van der Waals surface area contributed by atoms with Crippen LogP contribution in [-0.2, 0) is 38.0 Å². The third kappa shape index (κ3) is 13.3. The van der Waals surface area contributed by atoms with Gasteiger partial charge >= 0.3 is 30.0 Å². The number of anilines is 1. The molecule has 0 aromatic carbocycles. The Hall–Kier alpha value is -4.55. The number of hydrogen-bond acceptors (Lipinski definition) is 13. The summed E-state index contributed by atoms with van der Waals surface area (Å²) in [6.07, 6.45) is -9.25. The van der Waals surface area contributed by atoms with E-state index in [2.05, 4.69) is 20.9 Å². The van der Waals surface area contributed by atoms with E-state index in [4.69, 9.17) is 28.4 Å². The van der Waals surface area contributed by atoms with Gasteiger partial charge in [0, 0.05) is 6.20 Å². The first-order valence-electron chi connectivity index (χ1n) is 16.1. The Bertz CT molecular complexity index is 1500. The van der Waals surface area contributed by atoms with Crippen LogP contribution in [0.25, 0.3) is 0 Å². The van der Waals surface area contributed by atoms with Crippen LogP contribution in [0.3, 0.4) is 0 Å². The van der Waals surface area contributed by atoms with E-state index >= 15 is 8.78 Å². The van der Waals surface area contributed by atoms with Gasteiger partial charge in [0.2, 0.25) is 24.1 Å². The topological polar surface area (TPSA) is 212 Å². The average Bonchev–Trinajstić information content (AvgIpc) is 3.16. The number of aromatic nitrogens is 2. The molecule has 0 saturated carbocycles. The number of nitrogens with one attached hydrogen (secondary N) is 3. The number of halogens is 2. The van der Waals surface area contributed by atoms with Crippen LogP contribution in [0.1, 0.15) is 89.3 Å². The van der Waals surface area contributed by atoms with E-state index in [1.807, 2.05) is 0 Å². The molecular formula is C32H49F2N5O12. The average molecular weight is 734 g/mol. The summed E-state index contributed by atoms with van der Waals surface area (Å²) >= 11 is 0. The Kier molecular flexibility index (Phi) is 13.5. The lowest BCUT2D eigenvalue weighted by Gasteiger charge is -2.26. The van der Waals surface area contributed by atoms with Crippen molar-refractivity contribution in [3.05, 3.63) is 22.7 Å². The first-order chi connectivity index (χ1) is 23.1. The number of carbonyl (C=O) groups is 5.